The largest absolute Gasteiger partial charge is 0.376 e. The minimum atomic E-state index is -1.68. The van der Waals surface area contributed by atoms with Crippen molar-refractivity contribution < 1.29 is 13.9 Å². The van der Waals surface area contributed by atoms with E-state index in [1.165, 1.54) is 36.4 Å². The highest BCUT2D eigenvalue weighted by Gasteiger charge is 2.35. The number of benzene rings is 3. The maximum atomic E-state index is 14.3. The van der Waals surface area contributed by atoms with Crippen LogP contribution < -0.4 is 0 Å². The second-order valence-corrected chi connectivity index (χ2v) is 5.06. The fourth-order valence-corrected chi connectivity index (χ4v) is 2.60. The Morgan fingerprint density at radius 1 is 0.636 bits per heavy atom. The van der Waals surface area contributed by atoms with Crippen molar-refractivity contribution >= 4 is 0 Å². The molecule has 1 N–H and O–H groups in total. The molecule has 0 saturated heterocycles. The van der Waals surface area contributed by atoms with Gasteiger partial charge in [-0.15, -0.1) is 0 Å². The molecule has 0 radical (unpaired) electrons. The number of rotatable bonds is 3. The minimum Gasteiger partial charge on any atom is -0.376 e. The zero-order valence-corrected chi connectivity index (χ0v) is 11.7. The summed E-state index contributed by atoms with van der Waals surface area (Å²) in [6.45, 7) is 0. The zero-order valence-electron chi connectivity index (χ0n) is 11.7. The Hall–Kier alpha value is -2.52. The van der Waals surface area contributed by atoms with Gasteiger partial charge in [0.15, 0.2) is 0 Å². The van der Waals surface area contributed by atoms with Gasteiger partial charge in [-0.2, -0.15) is 0 Å². The SMILES string of the molecule is O[C@@](c1ccccc1)(c1ccc(F)cc1)c1ccccc1F. The molecule has 0 saturated carbocycles. The molecule has 1 atom stereocenters. The molecule has 0 heterocycles. The van der Waals surface area contributed by atoms with Crippen molar-refractivity contribution in [1.82, 2.24) is 0 Å². The summed E-state index contributed by atoms with van der Waals surface area (Å²) in [4.78, 5) is 0. The summed E-state index contributed by atoms with van der Waals surface area (Å²) < 4.78 is 27.5. The molecule has 1 nitrogen and oxygen atoms in total. The lowest BCUT2D eigenvalue weighted by molar-refractivity contribution is 0.121. The number of hydrogen-bond donors (Lipinski definition) is 1. The van der Waals surface area contributed by atoms with E-state index in [0.29, 0.717) is 11.1 Å². The molecule has 0 bridgehead atoms. The van der Waals surface area contributed by atoms with Crippen LogP contribution in [-0.2, 0) is 5.60 Å². The third-order valence-corrected chi connectivity index (χ3v) is 3.72. The summed E-state index contributed by atoms with van der Waals surface area (Å²) in [6.07, 6.45) is 0. The van der Waals surface area contributed by atoms with Crippen molar-refractivity contribution in [2.75, 3.05) is 0 Å². The van der Waals surface area contributed by atoms with Crippen LogP contribution in [0.15, 0.2) is 78.9 Å². The molecule has 3 heteroatoms. The third kappa shape index (κ3) is 2.40. The fraction of sp³-hybridized carbons (Fsp3) is 0.0526. The van der Waals surface area contributed by atoms with Crippen LogP contribution in [0.2, 0.25) is 0 Å². The molecule has 0 amide bonds. The number of aliphatic hydroxyl groups is 1. The average Bonchev–Trinajstić information content (AvgIpc) is 2.56. The number of hydrogen-bond acceptors (Lipinski definition) is 1. The van der Waals surface area contributed by atoms with Gasteiger partial charge in [-0.05, 0) is 29.3 Å². The van der Waals surface area contributed by atoms with Crippen LogP contribution in [0.1, 0.15) is 16.7 Å². The molecule has 3 rings (SSSR count). The predicted octanol–water partition coefficient (Wildman–Crippen LogP) is 4.25. The molecule has 22 heavy (non-hydrogen) atoms. The van der Waals surface area contributed by atoms with Crippen molar-refractivity contribution in [2.45, 2.75) is 5.60 Å². The quantitative estimate of drug-likeness (QED) is 0.716. The molecular formula is C19H14F2O. The molecule has 0 fully saturated rings. The molecule has 0 aromatic heterocycles. The van der Waals surface area contributed by atoms with Gasteiger partial charge in [0, 0.05) is 5.56 Å². The smallest absolute Gasteiger partial charge is 0.143 e. The van der Waals surface area contributed by atoms with Gasteiger partial charge in [0.1, 0.15) is 17.2 Å². The maximum absolute atomic E-state index is 14.3. The Morgan fingerprint density at radius 2 is 1.18 bits per heavy atom. The molecule has 0 aliphatic carbocycles. The van der Waals surface area contributed by atoms with Gasteiger partial charge in [0.25, 0.3) is 0 Å². The molecule has 3 aromatic carbocycles. The van der Waals surface area contributed by atoms with Crippen LogP contribution in [0.5, 0.6) is 0 Å². The highest BCUT2D eigenvalue weighted by atomic mass is 19.1. The standard InChI is InChI=1S/C19H14F2O/c20-16-12-10-15(11-13-16)19(22,14-6-2-1-3-7-14)17-8-4-5-9-18(17)21/h1-13,22H/t19-/m0/s1. The summed E-state index contributed by atoms with van der Waals surface area (Å²) in [6, 6.07) is 20.3. The molecule has 3 aromatic rings. The Labute approximate surface area is 127 Å². The van der Waals surface area contributed by atoms with Crippen LogP contribution in [0, 0.1) is 11.6 Å². The van der Waals surface area contributed by atoms with E-state index in [-0.39, 0.29) is 5.56 Å². The van der Waals surface area contributed by atoms with E-state index in [1.807, 2.05) is 6.07 Å². The highest BCUT2D eigenvalue weighted by molar-refractivity contribution is 5.47. The lowest BCUT2D eigenvalue weighted by Gasteiger charge is -2.30. The van der Waals surface area contributed by atoms with Gasteiger partial charge >= 0.3 is 0 Å². The van der Waals surface area contributed by atoms with Gasteiger partial charge < -0.3 is 5.11 Å². The van der Waals surface area contributed by atoms with Gasteiger partial charge in [-0.25, -0.2) is 8.78 Å². The summed E-state index contributed by atoms with van der Waals surface area (Å²) in [5.41, 5.74) is -0.620. The van der Waals surface area contributed by atoms with E-state index < -0.39 is 17.2 Å². The van der Waals surface area contributed by atoms with Crippen LogP contribution in [0.3, 0.4) is 0 Å². The van der Waals surface area contributed by atoms with Crippen molar-refractivity contribution in [3.8, 4) is 0 Å². The van der Waals surface area contributed by atoms with E-state index in [1.54, 1.807) is 36.4 Å². The first-order valence-electron chi connectivity index (χ1n) is 6.91. The molecule has 0 aliphatic heterocycles. The molecular weight excluding hydrogens is 282 g/mol. The zero-order chi connectivity index (χ0) is 15.6. The second kappa shape index (κ2) is 5.70. The molecule has 0 unspecified atom stereocenters. The monoisotopic (exact) mass is 296 g/mol. The summed E-state index contributed by atoms with van der Waals surface area (Å²) >= 11 is 0. The van der Waals surface area contributed by atoms with E-state index in [4.69, 9.17) is 0 Å². The first-order valence-corrected chi connectivity index (χ1v) is 6.91. The Morgan fingerprint density at radius 3 is 1.82 bits per heavy atom. The lowest BCUT2D eigenvalue weighted by Crippen LogP contribution is -2.30. The van der Waals surface area contributed by atoms with Crippen molar-refractivity contribution in [3.63, 3.8) is 0 Å². The van der Waals surface area contributed by atoms with Crippen molar-refractivity contribution in [3.05, 3.63) is 107 Å². The fourth-order valence-electron chi connectivity index (χ4n) is 2.60. The lowest BCUT2D eigenvalue weighted by atomic mass is 9.80. The van der Waals surface area contributed by atoms with Crippen molar-refractivity contribution in [2.24, 2.45) is 0 Å². The Balaban J connectivity index is 2.27. The molecule has 110 valence electrons. The van der Waals surface area contributed by atoms with E-state index in [9.17, 15) is 13.9 Å². The normalized spacial score (nSPS) is 13.6. The summed E-state index contributed by atoms with van der Waals surface area (Å²) in [7, 11) is 0. The molecule has 0 spiro atoms. The van der Waals surface area contributed by atoms with E-state index >= 15 is 0 Å². The first kappa shape index (κ1) is 14.4. The molecule has 0 aliphatic rings. The second-order valence-electron chi connectivity index (χ2n) is 5.06. The maximum Gasteiger partial charge on any atom is 0.143 e. The Bertz CT molecular complexity index is 769. The third-order valence-electron chi connectivity index (χ3n) is 3.72. The summed E-state index contributed by atoms with van der Waals surface area (Å²) in [5, 5.41) is 11.3. The summed E-state index contributed by atoms with van der Waals surface area (Å²) in [5.74, 6) is -0.925. The van der Waals surface area contributed by atoms with Gasteiger partial charge in [0.2, 0.25) is 0 Å². The van der Waals surface area contributed by atoms with Crippen LogP contribution >= 0.6 is 0 Å². The average molecular weight is 296 g/mol. The van der Waals surface area contributed by atoms with E-state index in [2.05, 4.69) is 0 Å². The van der Waals surface area contributed by atoms with Gasteiger partial charge in [0.05, 0.1) is 0 Å². The van der Waals surface area contributed by atoms with E-state index in [0.717, 1.165) is 0 Å². The van der Waals surface area contributed by atoms with Gasteiger partial charge in [-0.1, -0.05) is 60.7 Å². The first-order chi connectivity index (χ1) is 10.6. The Kier molecular flexibility index (Phi) is 3.73. The minimum absolute atomic E-state index is 0.132. The highest BCUT2D eigenvalue weighted by Crippen LogP contribution is 2.37. The van der Waals surface area contributed by atoms with Crippen LogP contribution in [-0.4, -0.2) is 5.11 Å². The van der Waals surface area contributed by atoms with Crippen molar-refractivity contribution in [1.29, 1.82) is 0 Å². The number of halogens is 2. The predicted molar refractivity (Wildman–Crippen MR) is 81.3 cm³/mol. The topological polar surface area (TPSA) is 20.2 Å². The van der Waals surface area contributed by atoms with Gasteiger partial charge in [-0.3, -0.25) is 0 Å². The van der Waals surface area contributed by atoms with Crippen LogP contribution in [0.25, 0.3) is 0 Å². The van der Waals surface area contributed by atoms with Crippen LogP contribution in [0.4, 0.5) is 8.78 Å².